The van der Waals surface area contributed by atoms with Gasteiger partial charge in [-0.1, -0.05) is 0 Å². The lowest BCUT2D eigenvalue weighted by atomic mass is 10.0. The number of nitrogens with one attached hydrogen (secondary N) is 1. The standard InChI is InChI=1S/C14H23BrN2OS/c1-9(2)17-5-6-18-12(8-16-4)14(17)13-7-11(15)10(3)19-13/h7,9,12,14,16H,5-6,8H2,1-4H3. The lowest BCUT2D eigenvalue weighted by molar-refractivity contribution is -0.0803. The van der Waals surface area contributed by atoms with E-state index in [4.69, 9.17) is 4.74 Å². The van der Waals surface area contributed by atoms with E-state index in [0.29, 0.717) is 12.1 Å². The number of halogens is 1. The summed E-state index contributed by atoms with van der Waals surface area (Å²) in [4.78, 5) is 5.30. The number of likely N-dealkylation sites (N-methyl/N-ethyl adjacent to an activating group) is 1. The van der Waals surface area contributed by atoms with Crippen LogP contribution < -0.4 is 5.32 Å². The molecule has 1 fully saturated rings. The first kappa shape index (κ1) is 15.4. The van der Waals surface area contributed by atoms with Crippen LogP contribution in [0.1, 0.15) is 29.6 Å². The third-order valence-electron chi connectivity index (χ3n) is 3.63. The van der Waals surface area contributed by atoms with Crippen LogP contribution in [-0.4, -0.2) is 43.8 Å². The minimum atomic E-state index is 0.228. The van der Waals surface area contributed by atoms with E-state index in [0.717, 1.165) is 19.7 Å². The zero-order valence-electron chi connectivity index (χ0n) is 12.1. The van der Waals surface area contributed by atoms with Gasteiger partial charge in [0.1, 0.15) is 0 Å². The molecule has 3 nitrogen and oxygen atoms in total. The predicted molar refractivity (Wildman–Crippen MR) is 85.0 cm³/mol. The molecule has 0 spiro atoms. The molecule has 1 saturated heterocycles. The van der Waals surface area contributed by atoms with Gasteiger partial charge < -0.3 is 10.1 Å². The number of ether oxygens (including phenoxy) is 1. The summed E-state index contributed by atoms with van der Waals surface area (Å²) >= 11 is 5.51. The number of aryl methyl sites for hydroxylation is 1. The third-order valence-corrected chi connectivity index (χ3v) is 5.83. The van der Waals surface area contributed by atoms with Crippen molar-refractivity contribution in [3.8, 4) is 0 Å². The molecule has 2 atom stereocenters. The summed E-state index contributed by atoms with van der Waals surface area (Å²) in [5, 5.41) is 3.26. The molecule has 0 amide bonds. The SMILES string of the molecule is CNCC1OCCN(C(C)C)C1c1cc(Br)c(C)s1. The average molecular weight is 347 g/mol. The number of nitrogens with zero attached hydrogens (tertiary/aromatic N) is 1. The fraction of sp³-hybridized carbons (Fsp3) is 0.714. The number of hydrogen-bond acceptors (Lipinski definition) is 4. The van der Waals surface area contributed by atoms with E-state index in [-0.39, 0.29) is 6.10 Å². The molecular weight excluding hydrogens is 324 g/mol. The number of thiophene rings is 1. The van der Waals surface area contributed by atoms with E-state index in [1.807, 2.05) is 18.4 Å². The molecule has 0 aromatic carbocycles. The molecule has 1 aromatic heterocycles. The van der Waals surface area contributed by atoms with Crippen LogP contribution >= 0.6 is 27.3 Å². The van der Waals surface area contributed by atoms with Gasteiger partial charge in [0.25, 0.3) is 0 Å². The Morgan fingerprint density at radius 3 is 2.84 bits per heavy atom. The Morgan fingerprint density at radius 2 is 2.32 bits per heavy atom. The van der Waals surface area contributed by atoms with E-state index in [1.165, 1.54) is 14.2 Å². The lowest BCUT2D eigenvalue weighted by Gasteiger charge is -2.43. The van der Waals surface area contributed by atoms with Gasteiger partial charge in [0.05, 0.1) is 18.8 Å². The molecule has 19 heavy (non-hydrogen) atoms. The minimum absolute atomic E-state index is 0.228. The molecule has 0 aliphatic carbocycles. The zero-order chi connectivity index (χ0) is 14.0. The summed E-state index contributed by atoms with van der Waals surface area (Å²) in [6.07, 6.45) is 0.228. The predicted octanol–water partition coefficient (Wildman–Crippen LogP) is 3.19. The Morgan fingerprint density at radius 1 is 1.58 bits per heavy atom. The maximum atomic E-state index is 6.00. The number of hydrogen-bond donors (Lipinski definition) is 1. The third kappa shape index (κ3) is 3.39. The van der Waals surface area contributed by atoms with Crippen LogP contribution in [-0.2, 0) is 4.74 Å². The molecule has 2 unspecified atom stereocenters. The highest BCUT2D eigenvalue weighted by Gasteiger charge is 2.35. The van der Waals surface area contributed by atoms with E-state index in [9.17, 15) is 0 Å². The van der Waals surface area contributed by atoms with Crippen molar-refractivity contribution in [1.82, 2.24) is 10.2 Å². The first-order valence-corrected chi connectivity index (χ1v) is 8.43. The first-order valence-electron chi connectivity index (χ1n) is 6.82. The Kier molecular flexibility index (Phi) is 5.43. The van der Waals surface area contributed by atoms with E-state index < -0.39 is 0 Å². The van der Waals surface area contributed by atoms with Crippen LogP contribution in [0, 0.1) is 6.92 Å². The van der Waals surface area contributed by atoms with Gasteiger partial charge >= 0.3 is 0 Å². The fourth-order valence-corrected chi connectivity index (χ4v) is 4.41. The maximum absolute atomic E-state index is 6.00. The molecule has 0 bridgehead atoms. The number of morpholine rings is 1. The average Bonchev–Trinajstić information content (AvgIpc) is 2.69. The molecule has 0 saturated carbocycles. The number of rotatable bonds is 4. The van der Waals surface area contributed by atoms with Crippen LogP contribution in [0.5, 0.6) is 0 Å². The van der Waals surface area contributed by atoms with Gasteiger partial charge in [-0.2, -0.15) is 0 Å². The summed E-state index contributed by atoms with van der Waals surface area (Å²) in [5.41, 5.74) is 0. The van der Waals surface area contributed by atoms with Crippen LogP contribution in [0.15, 0.2) is 10.5 Å². The molecule has 1 aliphatic rings. The zero-order valence-corrected chi connectivity index (χ0v) is 14.5. The Bertz CT molecular complexity index is 400. The Hall–Kier alpha value is 0.0600. The highest BCUT2D eigenvalue weighted by molar-refractivity contribution is 9.10. The van der Waals surface area contributed by atoms with Crippen molar-refractivity contribution in [2.24, 2.45) is 0 Å². The molecule has 108 valence electrons. The summed E-state index contributed by atoms with van der Waals surface area (Å²) in [7, 11) is 1.99. The van der Waals surface area contributed by atoms with Gasteiger partial charge in [0.2, 0.25) is 0 Å². The van der Waals surface area contributed by atoms with Crippen LogP contribution in [0.3, 0.4) is 0 Å². The van der Waals surface area contributed by atoms with Gasteiger partial charge in [0.15, 0.2) is 0 Å². The topological polar surface area (TPSA) is 24.5 Å². The molecule has 5 heteroatoms. The van der Waals surface area contributed by atoms with Crippen molar-refractivity contribution in [2.75, 3.05) is 26.7 Å². The molecule has 0 radical (unpaired) electrons. The Balaban J connectivity index is 2.31. The minimum Gasteiger partial charge on any atom is -0.374 e. The smallest absolute Gasteiger partial charge is 0.0904 e. The first-order chi connectivity index (χ1) is 9.04. The second kappa shape index (κ2) is 6.68. The van der Waals surface area contributed by atoms with Crippen LogP contribution in [0.4, 0.5) is 0 Å². The molecule has 1 aliphatic heterocycles. The normalized spacial score (nSPS) is 25.2. The Labute approximate surface area is 128 Å². The van der Waals surface area contributed by atoms with Gasteiger partial charge in [-0.05, 0) is 49.8 Å². The lowest BCUT2D eigenvalue weighted by Crippen LogP contribution is -2.50. The highest BCUT2D eigenvalue weighted by atomic mass is 79.9. The van der Waals surface area contributed by atoms with Crippen molar-refractivity contribution in [3.05, 3.63) is 20.3 Å². The van der Waals surface area contributed by atoms with E-state index in [2.05, 4.69) is 53.0 Å². The second-order valence-electron chi connectivity index (χ2n) is 5.30. The summed E-state index contributed by atoms with van der Waals surface area (Å²) in [6.45, 7) is 9.43. The summed E-state index contributed by atoms with van der Waals surface area (Å²) < 4.78 is 7.22. The van der Waals surface area contributed by atoms with Crippen molar-refractivity contribution < 1.29 is 4.74 Å². The second-order valence-corrected chi connectivity index (χ2v) is 7.44. The van der Waals surface area contributed by atoms with E-state index in [1.54, 1.807) is 0 Å². The van der Waals surface area contributed by atoms with E-state index >= 15 is 0 Å². The fourth-order valence-electron chi connectivity index (χ4n) is 2.68. The monoisotopic (exact) mass is 346 g/mol. The van der Waals surface area contributed by atoms with Gasteiger partial charge in [-0.25, -0.2) is 0 Å². The molecule has 2 rings (SSSR count). The van der Waals surface area contributed by atoms with Crippen LogP contribution in [0.25, 0.3) is 0 Å². The molecule has 1 N–H and O–H groups in total. The molecule has 2 heterocycles. The van der Waals surface area contributed by atoms with Gasteiger partial charge in [0, 0.05) is 33.4 Å². The quantitative estimate of drug-likeness (QED) is 0.905. The van der Waals surface area contributed by atoms with Gasteiger partial charge in [-0.15, -0.1) is 11.3 Å². The molecule has 1 aromatic rings. The van der Waals surface area contributed by atoms with Crippen molar-refractivity contribution in [2.45, 2.75) is 39.0 Å². The van der Waals surface area contributed by atoms with Crippen LogP contribution in [0.2, 0.25) is 0 Å². The van der Waals surface area contributed by atoms with Crippen molar-refractivity contribution in [1.29, 1.82) is 0 Å². The maximum Gasteiger partial charge on any atom is 0.0904 e. The highest BCUT2D eigenvalue weighted by Crippen LogP contribution is 2.38. The van der Waals surface area contributed by atoms with Gasteiger partial charge in [-0.3, -0.25) is 4.90 Å². The largest absolute Gasteiger partial charge is 0.374 e. The van der Waals surface area contributed by atoms with Crippen molar-refractivity contribution in [3.63, 3.8) is 0 Å². The summed E-state index contributed by atoms with van der Waals surface area (Å²) in [5.74, 6) is 0. The molecular formula is C14H23BrN2OS. The summed E-state index contributed by atoms with van der Waals surface area (Å²) in [6, 6.07) is 3.16. The van der Waals surface area contributed by atoms with Crippen molar-refractivity contribution >= 4 is 27.3 Å².